The number of carboxylic acid groups (broad SMARTS) is 1. The van der Waals surface area contributed by atoms with Gasteiger partial charge < -0.3 is 15.3 Å². The topological polar surface area (TPSA) is 69.6 Å². The summed E-state index contributed by atoms with van der Waals surface area (Å²) in [4.78, 5) is 24.0. The average molecular weight is 473 g/mol. The van der Waals surface area contributed by atoms with E-state index in [1.54, 1.807) is 0 Å². The second-order valence-corrected chi connectivity index (χ2v) is 7.52. The van der Waals surface area contributed by atoms with Gasteiger partial charge in [0.15, 0.2) is 0 Å². The van der Waals surface area contributed by atoms with Crippen molar-refractivity contribution in [3.63, 3.8) is 0 Å². The van der Waals surface area contributed by atoms with E-state index >= 15 is 0 Å². The molecule has 5 nitrogen and oxygen atoms in total. The van der Waals surface area contributed by atoms with Crippen LogP contribution in [0.5, 0.6) is 0 Å². The molecule has 1 unspecified atom stereocenters. The molecule has 34 heavy (non-hydrogen) atoms. The fourth-order valence-electron chi connectivity index (χ4n) is 3.33. The number of carbonyl (C=O) groups excluding carboxylic acids is 1. The number of para-hydroxylation sites is 2. The van der Waals surface area contributed by atoms with Gasteiger partial charge in [0, 0.05) is 13.6 Å². The van der Waals surface area contributed by atoms with Crippen molar-refractivity contribution >= 4 is 23.3 Å². The van der Waals surface area contributed by atoms with E-state index < -0.39 is 12.1 Å². The molecule has 0 heterocycles. The van der Waals surface area contributed by atoms with E-state index in [-0.39, 0.29) is 11.8 Å². The maximum atomic E-state index is 12.9. The highest BCUT2D eigenvalue weighted by Gasteiger charge is 2.38. The lowest BCUT2D eigenvalue weighted by atomic mass is 9.95. The van der Waals surface area contributed by atoms with Gasteiger partial charge in [0.05, 0.1) is 17.3 Å². The van der Waals surface area contributed by atoms with Crippen LogP contribution in [0.15, 0.2) is 84.9 Å². The highest BCUT2D eigenvalue weighted by Crippen LogP contribution is 2.28. The number of benzene rings is 3. The minimum Gasteiger partial charge on any atom is -0.475 e. The lowest BCUT2D eigenvalue weighted by Crippen LogP contribution is -2.23. The zero-order valence-electron chi connectivity index (χ0n) is 18.9. The summed E-state index contributed by atoms with van der Waals surface area (Å²) >= 11 is 0. The summed E-state index contributed by atoms with van der Waals surface area (Å²) in [5, 5.41) is 10.3. The van der Waals surface area contributed by atoms with Crippen molar-refractivity contribution in [2.24, 2.45) is 0 Å². The summed E-state index contributed by atoms with van der Waals surface area (Å²) in [6.07, 6.45) is -4.32. The van der Waals surface area contributed by atoms with Crippen molar-refractivity contribution in [1.29, 1.82) is 0 Å². The van der Waals surface area contributed by atoms with Crippen molar-refractivity contribution in [2.75, 3.05) is 17.3 Å². The zero-order chi connectivity index (χ0) is 25.1. The lowest BCUT2D eigenvalue weighted by Gasteiger charge is -2.24. The van der Waals surface area contributed by atoms with E-state index in [4.69, 9.17) is 9.90 Å². The van der Waals surface area contributed by atoms with Gasteiger partial charge in [-0.2, -0.15) is 13.2 Å². The molecule has 0 saturated heterocycles. The first-order valence-corrected chi connectivity index (χ1v) is 10.6. The molecule has 0 bridgehead atoms. The molecule has 0 radical (unpaired) electrons. The fourth-order valence-corrected chi connectivity index (χ4v) is 3.33. The van der Waals surface area contributed by atoms with Crippen LogP contribution < -0.4 is 10.2 Å². The number of nitrogens with zero attached hydrogens (tertiary/aromatic N) is 1. The number of aliphatic carboxylic acids is 1. The summed E-state index contributed by atoms with van der Waals surface area (Å²) < 4.78 is 31.7. The van der Waals surface area contributed by atoms with E-state index in [2.05, 4.69) is 22.3 Å². The van der Waals surface area contributed by atoms with Crippen LogP contribution in [0.4, 0.5) is 24.5 Å². The van der Waals surface area contributed by atoms with Crippen LogP contribution in [0.2, 0.25) is 0 Å². The van der Waals surface area contributed by atoms with Crippen LogP contribution >= 0.6 is 0 Å². The summed E-state index contributed by atoms with van der Waals surface area (Å²) in [6, 6.07) is 28.3. The Hall–Kier alpha value is -3.81. The van der Waals surface area contributed by atoms with E-state index in [9.17, 15) is 18.0 Å². The number of carbonyl (C=O) groups is 2. The second-order valence-electron chi connectivity index (χ2n) is 7.52. The van der Waals surface area contributed by atoms with Crippen LogP contribution in [-0.2, 0) is 16.1 Å². The number of hydrogen-bond acceptors (Lipinski definition) is 3. The Morgan fingerprint density at radius 1 is 0.912 bits per heavy atom. The fraction of sp³-hybridized carbons (Fsp3) is 0.231. The normalized spacial score (nSPS) is 11.6. The third-order valence-corrected chi connectivity index (χ3v) is 5.00. The Morgan fingerprint density at radius 3 is 1.94 bits per heavy atom. The lowest BCUT2D eigenvalue weighted by molar-refractivity contribution is -0.192. The third-order valence-electron chi connectivity index (χ3n) is 5.00. The Kier molecular flexibility index (Phi) is 9.67. The maximum Gasteiger partial charge on any atom is 0.490 e. The Bertz CT molecular complexity index is 1060. The number of anilines is 2. The Labute approximate surface area is 196 Å². The molecule has 1 amide bonds. The van der Waals surface area contributed by atoms with Gasteiger partial charge in [-0.15, -0.1) is 0 Å². The molecule has 180 valence electrons. The van der Waals surface area contributed by atoms with Crippen LogP contribution in [0.25, 0.3) is 0 Å². The van der Waals surface area contributed by atoms with Crippen LogP contribution in [0.1, 0.15) is 30.4 Å². The van der Waals surface area contributed by atoms with Gasteiger partial charge in [-0.1, -0.05) is 79.7 Å². The van der Waals surface area contributed by atoms with Crippen LogP contribution in [0.3, 0.4) is 0 Å². The molecule has 0 spiro atoms. The van der Waals surface area contributed by atoms with E-state index in [0.717, 1.165) is 29.9 Å². The van der Waals surface area contributed by atoms with Gasteiger partial charge in [0.2, 0.25) is 5.91 Å². The summed E-state index contributed by atoms with van der Waals surface area (Å²) in [6.45, 7) is 2.83. The molecule has 0 aliphatic heterocycles. The van der Waals surface area contributed by atoms with Crippen molar-refractivity contribution in [3.05, 3.63) is 96.1 Å². The summed E-state index contributed by atoms with van der Waals surface area (Å²) in [5.41, 5.74) is 4.14. The standard InChI is InChI=1S/C24H26N2O.C2HF3O2/c1-3-21(20-14-8-5-9-15-20)24(27)25-22-16-10-11-17-23(22)26(2)18-19-12-6-4-7-13-19;3-2(4,5)1(6)7/h4-17,21H,3,18H2,1-2H3,(H,25,27);(H,6,7). The number of nitrogens with one attached hydrogen (secondary N) is 1. The predicted octanol–water partition coefficient (Wildman–Crippen LogP) is 6.09. The van der Waals surface area contributed by atoms with Crippen molar-refractivity contribution in [1.82, 2.24) is 0 Å². The monoisotopic (exact) mass is 472 g/mol. The van der Waals surface area contributed by atoms with Crippen molar-refractivity contribution in [3.8, 4) is 0 Å². The largest absolute Gasteiger partial charge is 0.490 e. The van der Waals surface area contributed by atoms with Gasteiger partial charge in [-0.3, -0.25) is 4.79 Å². The molecule has 0 fully saturated rings. The number of carboxylic acids is 1. The molecule has 0 aromatic heterocycles. The number of rotatable bonds is 7. The maximum absolute atomic E-state index is 12.9. The smallest absolute Gasteiger partial charge is 0.475 e. The second kappa shape index (κ2) is 12.4. The highest BCUT2D eigenvalue weighted by atomic mass is 19.4. The number of alkyl halides is 3. The molecule has 0 saturated carbocycles. The average Bonchev–Trinajstić information content (AvgIpc) is 2.81. The quantitative estimate of drug-likeness (QED) is 0.437. The SMILES string of the molecule is CCC(C(=O)Nc1ccccc1N(C)Cc1ccccc1)c1ccccc1.O=C(O)C(F)(F)F. The van der Waals surface area contributed by atoms with Crippen LogP contribution in [-0.4, -0.2) is 30.2 Å². The predicted molar refractivity (Wildman–Crippen MR) is 127 cm³/mol. The van der Waals surface area contributed by atoms with E-state index in [1.807, 2.05) is 86.8 Å². The minimum absolute atomic E-state index is 0.0317. The van der Waals surface area contributed by atoms with Crippen LogP contribution in [0, 0.1) is 0 Å². The number of halogens is 3. The zero-order valence-corrected chi connectivity index (χ0v) is 18.9. The van der Waals surface area contributed by atoms with Gasteiger partial charge in [0.1, 0.15) is 0 Å². The Morgan fingerprint density at radius 2 is 1.41 bits per heavy atom. The molecule has 2 N–H and O–H groups in total. The molecular formula is C26H27F3N2O3. The van der Waals surface area contributed by atoms with Gasteiger partial charge in [-0.05, 0) is 29.7 Å². The molecule has 1 atom stereocenters. The first kappa shape index (κ1) is 26.4. The number of hydrogen-bond donors (Lipinski definition) is 2. The molecule has 8 heteroatoms. The molecule has 3 rings (SSSR count). The summed E-state index contributed by atoms with van der Waals surface area (Å²) in [5.74, 6) is -2.88. The van der Waals surface area contributed by atoms with E-state index in [0.29, 0.717) is 0 Å². The minimum atomic E-state index is -5.08. The first-order valence-electron chi connectivity index (χ1n) is 10.6. The molecule has 0 aliphatic rings. The van der Waals surface area contributed by atoms with Gasteiger partial charge in [-0.25, -0.2) is 4.79 Å². The Balaban J connectivity index is 0.000000509. The van der Waals surface area contributed by atoms with Gasteiger partial charge >= 0.3 is 12.1 Å². The number of amides is 1. The first-order chi connectivity index (χ1) is 16.1. The molecular weight excluding hydrogens is 445 g/mol. The summed E-state index contributed by atoms with van der Waals surface area (Å²) in [7, 11) is 2.05. The molecule has 0 aliphatic carbocycles. The third kappa shape index (κ3) is 7.95. The van der Waals surface area contributed by atoms with E-state index in [1.165, 1.54) is 5.56 Å². The van der Waals surface area contributed by atoms with Gasteiger partial charge in [0.25, 0.3) is 0 Å². The molecule has 3 aromatic carbocycles. The molecule has 3 aromatic rings. The van der Waals surface area contributed by atoms with Crippen molar-refractivity contribution < 1.29 is 27.9 Å². The highest BCUT2D eigenvalue weighted by molar-refractivity contribution is 5.98. The van der Waals surface area contributed by atoms with Crippen molar-refractivity contribution in [2.45, 2.75) is 32.0 Å².